The number of piperidine rings is 1. The number of carbonyl (C=O) groups excluding carboxylic acids is 2. The molecule has 4 bridgehead atoms. The number of benzene rings is 1. The highest BCUT2D eigenvalue weighted by atomic mass is 16.5. The van der Waals surface area contributed by atoms with Gasteiger partial charge in [0.15, 0.2) is 0 Å². The molecule has 1 aromatic carbocycles. The molecular weight excluding hydrogens is 452 g/mol. The van der Waals surface area contributed by atoms with Gasteiger partial charge in [-0.2, -0.15) is 0 Å². The Morgan fingerprint density at radius 3 is 2.39 bits per heavy atom. The van der Waals surface area contributed by atoms with E-state index in [0.29, 0.717) is 35.2 Å². The molecule has 4 fully saturated rings. The molecule has 0 radical (unpaired) electrons. The van der Waals surface area contributed by atoms with Crippen LogP contribution in [0.4, 0.5) is 5.82 Å². The topological polar surface area (TPSA) is 83.6 Å². The summed E-state index contributed by atoms with van der Waals surface area (Å²) in [7, 11) is 1.63. The first-order valence-corrected chi connectivity index (χ1v) is 13.5. The van der Waals surface area contributed by atoms with Gasteiger partial charge in [0.1, 0.15) is 11.6 Å². The fraction of sp³-hybridized carbons (Fsp3) is 0.552. The van der Waals surface area contributed by atoms with Crippen molar-refractivity contribution in [3.05, 3.63) is 53.2 Å². The van der Waals surface area contributed by atoms with Crippen LogP contribution >= 0.6 is 0 Å². The van der Waals surface area contributed by atoms with Crippen molar-refractivity contribution >= 4 is 17.6 Å². The quantitative estimate of drug-likeness (QED) is 0.635. The summed E-state index contributed by atoms with van der Waals surface area (Å²) in [6.45, 7) is 1.92. The van der Waals surface area contributed by atoms with Crippen molar-refractivity contribution < 1.29 is 14.3 Å². The Morgan fingerprint density at radius 1 is 0.944 bits per heavy atom. The molecular formula is C29H36N4O3. The van der Waals surface area contributed by atoms with E-state index in [0.717, 1.165) is 55.2 Å². The molecule has 2 saturated carbocycles. The van der Waals surface area contributed by atoms with Gasteiger partial charge in [-0.05, 0) is 88.0 Å². The van der Waals surface area contributed by atoms with E-state index in [4.69, 9.17) is 9.72 Å². The van der Waals surface area contributed by atoms with Crippen LogP contribution in [0.3, 0.4) is 0 Å². The normalized spacial score (nSPS) is 30.3. The van der Waals surface area contributed by atoms with Gasteiger partial charge in [0.2, 0.25) is 0 Å². The molecule has 2 amide bonds. The van der Waals surface area contributed by atoms with Crippen LogP contribution in [0.5, 0.6) is 5.75 Å². The third-order valence-electron chi connectivity index (χ3n) is 9.15. The monoisotopic (exact) mass is 488 g/mol. The van der Waals surface area contributed by atoms with E-state index in [-0.39, 0.29) is 17.9 Å². The van der Waals surface area contributed by atoms with Crippen molar-refractivity contribution in [1.29, 1.82) is 0 Å². The van der Waals surface area contributed by atoms with E-state index < -0.39 is 0 Å². The zero-order valence-corrected chi connectivity index (χ0v) is 21.2. The summed E-state index contributed by atoms with van der Waals surface area (Å²) in [5.74, 6) is 3.11. The van der Waals surface area contributed by atoms with Gasteiger partial charge in [-0.25, -0.2) is 4.98 Å². The number of anilines is 1. The van der Waals surface area contributed by atoms with E-state index >= 15 is 0 Å². The van der Waals surface area contributed by atoms with Gasteiger partial charge in [-0.3, -0.25) is 9.59 Å². The number of aromatic nitrogens is 1. The highest BCUT2D eigenvalue weighted by molar-refractivity contribution is 5.96. The van der Waals surface area contributed by atoms with E-state index in [2.05, 4.69) is 15.5 Å². The lowest BCUT2D eigenvalue weighted by Crippen LogP contribution is -2.50. The minimum atomic E-state index is -0.0341. The molecule has 2 saturated heterocycles. The highest BCUT2D eigenvalue weighted by Gasteiger charge is 2.42. The Hall–Kier alpha value is -3.09. The van der Waals surface area contributed by atoms with Gasteiger partial charge in [0, 0.05) is 41.5 Å². The number of methoxy groups -OCH3 is 1. The second kappa shape index (κ2) is 9.41. The highest BCUT2D eigenvalue weighted by Crippen LogP contribution is 2.44. The average molecular weight is 489 g/mol. The zero-order valence-electron chi connectivity index (χ0n) is 21.2. The van der Waals surface area contributed by atoms with Crippen molar-refractivity contribution in [3.63, 3.8) is 0 Å². The third kappa shape index (κ3) is 4.22. The Morgan fingerprint density at radius 2 is 1.75 bits per heavy atom. The lowest BCUT2D eigenvalue weighted by atomic mass is 9.95. The summed E-state index contributed by atoms with van der Waals surface area (Å²) in [6, 6.07) is 10.7. The number of amides is 2. The SMILES string of the molecule is COc1cccc(C(=O)NC2CC3CCC(C2)N3c2ccc(C(=O)N[C@@H]3C[C@H]4CC[C@@H]3C4)cn2)c1C. The first-order chi connectivity index (χ1) is 17.5. The molecule has 2 aromatic rings. The summed E-state index contributed by atoms with van der Waals surface area (Å²) >= 11 is 0. The number of nitrogens with one attached hydrogen (secondary N) is 2. The fourth-order valence-electron chi connectivity index (χ4n) is 7.36. The number of ether oxygens (including phenoxy) is 1. The van der Waals surface area contributed by atoms with Gasteiger partial charge in [-0.15, -0.1) is 0 Å². The van der Waals surface area contributed by atoms with Gasteiger partial charge in [-0.1, -0.05) is 12.5 Å². The van der Waals surface area contributed by atoms with E-state index in [1.807, 2.05) is 37.3 Å². The molecule has 2 aliphatic carbocycles. The van der Waals surface area contributed by atoms with Crippen molar-refractivity contribution in [2.75, 3.05) is 12.0 Å². The van der Waals surface area contributed by atoms with Crippen molar-refractivity contribution in [2.24, 2.45) is 11.8 Å². The first-order valence-electron chi connectivity index (χ1n) is 13.5. The van der Waals surface area contributed by atoms with Gasteiger partial charge < -0.3 is 20.3 Å². The number of nitrogens with zero attached hydrogens (tertiary/aromatic N) is 2. The number of fused-ring (bicyclic) bond motifs is 4. The maximum absolute atomic E-state index is 13.0. The minimum Gasteiger partial charge on any atom is -0.496 e. The Bertz CT molecular complexity index is 1140. The Labute approximate surface area is 213 Å². The molecule has 0 spiro atoms. The molecule has 7 nitrogen and oxygen atoms in total. The van der Waals surface area contributed by atoms with Crippen LogP contribution in [0.25, 0.3) is 0 Å². The Balaban J connectivity index is 1.08. The summed E-state index contributed by atoms with van der Waals surface area (Å²) in [5, 5.41) is 6.54. The number of hydrogen-bond donors (Lipinski definition) is 2. The van der Waals surface area contributed by atoms with Gasteiger partial charge >= 0.3 is 0 Å². The smallest absolute Gasteiger partial charge is 0.253 e. The summed E-state index contributed by atoms with van der Waals surface area (Å²) < 4.78 is 5.38. The molecule has 7 heteroatoms. The molecule has 190 valence electrons. The largest absolute Gasteiger partial charge is 0.496 e. The fourth-order valence-corrected chi connectivity index (χ4v) is 7.36. The van der Waals surface area contributed by atoms with Crippen molar-refractivity contribution in [2.45, 2.75) is 82.5 Å². The summed E-state index contributed by atoms with van der Waals surface area (Å²) in [4.78, 5) is 33.0. The number of carbonyl (C=O) groups is 2. The molecule has 36 heavy (non-hydrogen) atoms. The van der Waals surface area contributed by atoms with Gasteiger partial charge in [0.25, 0.3) is 11.8 Å². The minimum absolute atomic E-state index is 0.00354. The molecule has 2 unspecified atom stereocenters. The first kappa shape index (κ1) is 23.3. The molecule has 5 atom stereocenters. The molecule has 2 N–H and O–H groups in total. The van der Waals surface area contributed by atoms with Crippen LogP contribution in [0, 0.1) is 18.8 Å². The summed E-state index contributed by atoms with van der Waals surface area (Å²) in [5.41, 5.74) is 2.18. The second-order valence-corrected chi connectivity index (χ2v) is 11.2. The van der Waals surface area contributed by atoms with E-state index in [1.54, 1.807) is 13.3 Å². The van der Waals surface area contributed by atoms with Crippen LogP contribution < -0.4 is 20.3 Å². The van der Waals surface area contributed by atoms with Crippen molar-refractivity contribution in [1.82, 2.24) is 15.6 Å². The predicted octanol–water partition coefficient (Wildman–Crippen LogP) is 4.25. The van der Waals surface area contributed by atoms with Crippen LogP contribution in [0.2, 0.25) is 0 Å². The van der Waals surface area contributed by atoms with Gasteiger partial charge in [0.05, 0.1) is 12.7 Å². The zero-order chi connectivity index (χ0) is 24.8. The number of hydrogen-bond acceptors (Lipinski definition) is 5. The maximum atomic E-state index is 13.0. The molecule has 1 aromatic heterocycles. The molecule has 4 aliphatic rings. The molecule has 2 aliphatic heterocycles. The lowest BCUT2D eigenvalue weighted by molar-refractivity contribution is 0.0916. The standard InChI is InChI=1S/C29H36N4O3/c1-17-24(4-3-5-26(17)36-2)29(35)31-21-14-22-9-10-23(15-21)33(22)27-11-8-20(16-30-27)28(34)32-25-13-18-6-7-19(25)12-18/h3-5,8,11,16,18-19,21-23,25H,6-7,9-10,12-15H2,1-2H3,(H,31,35)(H,32,34)/t18-,19+,21?,22?,23?,25+/m0/s1. The number of pyridine rings is 1. The molecule has 3 heterocycles. The molecule has 6 rings (SSSR count). The third-order valence-corrected chi connectivity index (χ3v) is 9.15. The lowest BCUT2D eigenvalue weighted by Gasteiger charge is -2.40. The average Bonchev–Trinajstić information content (AvgIpc) is 3.57. The van der Waals surface area contributed by atoms with Crippen molar-refractivity contribution in [3.8, 4) is 5.75 Å². The van der Waals surface area contributed by atoms with Crippen LogP contribution in [0.1, 0.15) is 77.6 Å². The predicted molar refractivity (Wildman–Crippen MR) is 138 cm³/mol. The van der Waals surface area contributed by atoms with E-state index in [9.17, 15) is 9.59 Å². The van der Waals surface area contributed by atoms with Crippen LogP contribution in [0.15, 0.2) is 36.5 Å². The number of rotatable bonds is 6. The van der Waals surface area contributed by atoms with Crippen LogP contribution in [-0.2, 0) is 0 Å². The Kier molecular flexibility index (Phi) is 6.10. The summed E-state index contributed by atoms with van der Waals surface area (Å²) in [6.07, 6.45) is 10.7. The van der Waals surface area contributed by atoms with E-state index in [1.165, 1.54) is 19.3 Å². The second-order valence-electron chi connectivity index (χ2n) is 11.2. The van der Waals surface area contributed by atoms with Crippen LogP contribution in [-0.4, -0.2) is 48.1 Å². The maximum Gasteiger partial charge on any atom is 0.253 e.